The molecule has 0 unspecified atom stereocenters. The molecule has 1 amide bonds. The van der Waals surface area contributed by atoms with E-state index in [1.165, 1.54) is 11.3 Å². The van der Waals surface area contributed by atoms with Gasteiger partial charge < -0.3 is 15.0 Å². The number of nitrogens with zero attached hydrogens (tertiary/aromatic N) is 4. The SMILES string of the molecule is Cn1cc(/C=C/C(=O)NC2CCC(CCN3CCc4nc(OCC(F)(F)F)sc4CC3)CC2)cn1. The Kier molecular flexibility index (Phi) is 8.48. The van der Waals surface area contributed by atoms with Gasteiger partial charge in [-0.25, -0.2) is 4.98 Å². The quantitative estimate of drug-likeness (QED) is 0.543. The first kappa shape index (κ1) is 25.7. The predicted molar refractivity (Wildman–Crippen MR) is 128 cm³/mol. The molecule has 35 heavy (non-hydrogen) atoms. The molecular weight excluding hydrogens is 479 g/mol. The Morgan fingerprint density at radius 3 is 2.74 bits per heavy atom. The van der Waals surface area contributed by atoms with Crippen LogP contribution < -0.4 is 10.1 Å². The van der Waals surface area contributed by atoms with Gasteiger partial charge in [-0.15, -0.1) is 0 Å². The summed E-state index contributed by atoms with van der Waals surface area (Å²) in [5, 5.41) is 7.33. The van der Waals surface area contributed by atoms with Crippen LogP contribution in [0.25, 0.3) is 6.08 Å². The van der Waals surface area contributed by atoms with Gasteiger partial charge in [0.25, 0.3) is 5.19 Å². The first-order valence-corrected chi connectivity index (χ1v) is 12.9. The van der Waals surface area contributed by atoms with Gasteiger partial charge in [0.2, 0.25) is 5.91 Å². The zero-order valence-corrected chi connectivity index (χ0v) is 20.7. The molecule has 4 rings (SSSR count). The average Bonchev–Trinajstić information content (AvgIpc) is 3.36. The number of fused-ring (bicyclic) bond motifs is 1. The van der Waals surface area contributed by atoms with Crippen LogP contribution in [0.15, 0.2) is 18.5 Å². The molecule has 0 atom stereocenters. The first-order chi connectivity index (χ1) is 16.7. The van der Waals surface area contributed by atoms with Gasteiger partial charge in [0, 0.05) is 55.3 Å². The van der Waals surface area contributed by atoms with Gasteiger partial charge in [-0.1, -0.05) is 11.3 Å². The summed E-state index contributed by atoms with van der Waals surface area (Å²) >= 11 is 1.24. The minimum absolute atomic E-state index is 0.0603. The molecule has 1 saturated carbocycles. The molecule has 7 nitrogen and oxygen atoms in total. The van der Waals surface area contributed by atoms with Crippen molar-refractivity contribution in [3.8, 4) is 5.19 Å². The van der Waals surface area contributed by atoms with Gasteiger partial charge in [0.05, 0.1) is 11.9 Å². The third-order valence-electron chi connectivity index (χ3n) is 6.64. The lowest BCUT2D eigenvalue weighted by Crippen LogP contribution is -2.37. The van der Waals surface area contributed by atoms with Crippen molar-refractivity contribution >= 4 is 23.3 Å². The zero-order chi connectivity index (χ0) is 24.8. The Morgan fingerprint density at radius 1 is 1.26 bits per heavy atom. The number of amides is 1. The Hall–Kier alpha value is -2.40. The van der Waals surface area contributed by atoms with Crippen LogP contribution in [-0.4, -0.2) is 64.0 Å². The van der Waals surface area contributed by atoms with Crippen molar-refractivity contribution in [1.82, 2.24) is 25.0 Å². The topological polar surface area (TPSA) is 72.3 Å². The molecule has 192 valence electrons. The molecule has 3 heterocycles. The van der Waals surface area contributed by atoms with Crippen LogP contribution in [0.1, 0.15) is 48.2 Å². The van der Waals surface area contributed by atoms with Crippen molar-refractivity contribution in [3.05, 3.63) is 34.6 Å². The summed E-state index contributed by atoms with van der Waals surface area (Å²) in [6.45, 7) is 1.48. The van der Waals surface area contributed by atoms with Crippen molar-refractivity contribution in [2.75, 3.05) is 26.2 Å². The molecule has 0 saturated heterocycles. The number of hydrogen-bond acceptors (Lipinski definition) is 6. The molecule has 0 spiro atoms. The summed E-state index contributed by atoms with van der Waals surface area (Å²) in [5.41, 5.74) is 1.78. The maximum absolute atomic E-state index is 12.4. The lowest BCUT2D eigenvalue weighted by Gasteiger charge is -2.30. The van der Waals surface area contributed by atoms with Gasteiger partial charge in [0.1, 0.15) is 0 Å². The second-order valence-electron chi connectivity index (χ2n) is 9.39. The smallest absolute Gasteiger partial charge is 0.422 e. The van der Waals surface area contributed by atoms with E-state index in [4.69, 9.17) is 4.74 Å². The number of halogens is 3. The zero-order valence-electron chi connectivity index (χ0n) is 19.9. The summed E-state index contributed by atoms with van der Waals surface area (Å²) in [6.07, 6.45) is 9.48. The molecule has 1 aliphatic heterocycles. The number of carbonyl (C=O) groups excluding carboxylic acids is 1. The maximum atomic E-state index is 12.4. The standard InChI is InChI=1S/C24H32F3N5O2S/c1-31-15-18(14-28-31)4-7-22(33)29-19-5-2-17(3-6-19)8-11-32-12-9-20-21(10-13-32)35-23(30-20)34-16-24(25,26)27/h4,7,14-15,17,19H,2-3,5-6,8-13,16H2,1H3,(H,29,33)/b7-4+. The van der Waals surface area contributed by atoms with Crippen molar-refractivity contribution in [2.24, 2.45) is 13.0 Å². The van der Waals surface area contributed by atoms with E-state index in [1.54, 1.807) is 23.0 Å². The van der Waals surface area contributed by atoms with E-state index in [9.17, 15) is 18.0 Å². The number of carbonyl (C=O) groups is 1. The number of hydrogen-bond donors (Lipinski definition) is 1. The van der Waals surface area contributed by atoms with Crippen molar-refractivity contribution < 1.29 is 22.7 Å². The summed E-state index contributed by atoms with van der Waals surface area (Å²) in [4.78, 5) is 20.0. The van der Waals surface area contributed by atoms with E-state index in [0.717, 1.165) is 80.7 Å². The largest absolute Gasteiger partial charge is 0.460 e. The Bertz CT molecular complexity index is 986. The maximum Gasteiger partial charge on any atom is 0.422 e. The van der Waals surface area contributed by atoms with Crippen molar-refractivity contribution in [2.45, 2.75) is 57.2 Å². The second kappa shape index (κ2) is 11.6. The Labute approximate surface area is 207 Å². The molecule has 0 bridgehead atoms. The van der Waals surface area contributed by atoms with Gasteiger partial charge in [-0.05, 0) is 57.1 Å². The van der Waals surface area contributed by atoms with Gasteiger partial charge in [0.15, 0.2) is 6.61 Å². The number of alkyl halides is 3. The van der Waals surface area contributed by atoms with E-state index in [2.05, 4.69) is 20.3 Å². The average molecular weight is 512 g/mol. The lowest BCUT2D eigenvalue weighted by atomic mass is 9.84. The highest BCUT2D eigenvalue weighted by Crippen LogP contribution is 2.31. The lowest BCUT2D eigenvalue weighted by molar-refractivity contribution is -0.153. The minimum Gasteiger partial charge on any atom is -0.460 e. The summed E-state index contributed by atoms with van der Waals surface area (Å²) < 4.78 is 43.6. The number of aryl methyl sites for hydroxylation is 1. The van der Waals surface area contributed by atoms with Gasteiger partial charge in [-0.3, -0.25) is 9.48 Å². The fraction of sp³-hybridized carbons (Fsp3) is 0.625. The number of rotatable bonds is 8. The summed E-state index contributed by atoms with van der Waals surface area (Å²) in [5.74, 6) is 0.599. The third kappa shape index (κ3) is 8.06. The fourth-order valence-corrected chi connectivity index (χ4v) is 5.67. The molecule has 1 fully saturated rings. The van der Waals surface area contributed by atoms with Crippen LogP contribution in [0, 0.1) is 5.92 Å². The molecule has 0 radical (unpaired) electrons. The predicted octanol–water partition coefficient (Wildman–Crippen LogP) is 4.00. The number of ether oxygens (including phenoxy) is 1. The highest BCUT2D eigenvalue weighted by atomic mass is 32.1. The van der Waals surface area contributed by atoms with Crippen LogP contribution in [0.2, 0.25) is 0 Å². The second-order valence-corrected chi connectivity index (χ2v) is 10.4. The molecule has 2 aromatic heterocycles. The van der Waals surface area contributed by atoms with E-state index in [1.807, 2.05) is 13.2 Å². The Balaban J connectivity index is 1.13. The molecule has 1 N–H and O–H groups in total. The van der Waals surface area contributed by atoms with E-state index in [0.29, 0.717) is 5.92 Å². The van der Waals surface area contributed by atoms with E-state index >= 15 is 0 Å². The van der Waals surface area contributed by atoms with Crippen molar-refractivity contribution in [1.29, 1.82) is 0 Å². The van der Waals surface area contributed by atoms with E-state index in [-0.39, 0.29) is 17.1 Å². The van der Waals surface area contributed by atoms with Crippen LogP contribution in [0.3, 0.4) is 0 Å². The normalized spacial score (nSPS) is 21.6. The van der Waals surface area contributed by atoms with Crippen LogP contribution in [-0.2, 0) is 24.7 Å². The van der Waals surface area contributed by atoms with Gasteiger partial charge >= 0.3 is 6.18 Å². The fourth-order valence-electron chi connectivity index (χ4n) is 4.72. The molecule has 2 aliphatic rings. The number of nitrogens with one attached hydrogen (secondary N) is 1. The number of thiazole rings is 1. The number of aromatic nitrogens is 3. The van der Waals surface area contributed by atoms with Gasteiger partial charge in [-0.2, -0.15) is 18.3 Å². The highest BCUT2D eigenvalue weighted by Gasteiger charge is 2.30. The minimum atomic E-state index is -4.35. The summed E-state index contributed by atoms with van der Waals surface area (Å²) in [7, 11) is 1.84. The first-order valence-electron chi connectivity index (χ1n) is 12.1. The third-order valence-corrected chi connectivity index (χ3v) is 7.71. The van der Waals surface area contributed by atoms with E-state index < -0.39 is 12.8 Å². The molecule has 2 aromatic rings. The molecular formula is C24H32F3N5O2S. The highest BCUT2D eigenvalue weighted by molar-refractivity contribution is 7.13. The van der Waals surface area contributed by atoms with Crippen molar-refractivity contribution in [3.63, 3.8) is 0 Å². The molecule has 11 heteroatoms. The van der Waals surface area contributed by atoms with Crippen LogP contribution in [0.4, 0.5) is 13.2 Å². The monoisotopic (exact) mass is 511 g/mol. The molecule has 1 aliphatic carbocycles. The van der Waals surface area contributed by atoms with Crippen LogP contribution in [0.5, 0.6) is 5.19 Å². The Morgan fingerprint density at radius 2 is 2.03 bits per heavy atom. The summed E-state index contributed by atoms with van der Waals surface area (Å²) in [6, 6.07) is 0.228. The van der Waals surface area contributed by atoms with Crippen LogP contribution >= 0.6 is 11.3 Å². The molecule has 0 aromatic carbocycles.